The van der Waals surface area contributed by atoms with Crippen molar-refractivity contribution >= 4 is 33.8 Å². The van der Waals surface area contributed by atoms with Crippen LogP contribution in [0.4, 0.5) is 0 Å². The number of ether oxygens (including phenoxy) is 2. The molecule has 0 aliphatic carbocycles. The van der Waals surface area contributed by atoms with Gasteiger partial charge in [0, 0.05) is 16.1 Å². The van der Waals surface area contributed by atoms with E-state index in [4.69, 9.17) is 25.3 Å². The molecule has 0 heterocycles. The predicted octanol–water partition coefficient (Wildman–Crippen LogP) is 4.28. The Morgan fingerprint density at radius 1 is 1.03 bits per heavy atom. The summed E-state index contributed by atoms with van der Waals surface area (Å²) in [4.78, 5) is 12.4. The van der Waals surface area contributed by atoms with Gasteiger partial charge in [-0.1, -0.05) is 23.7 Å². The molecule has 0 aliphatic rings. The second-order valence-electron chi connectivity index (χ2n) is 6.53. The number of hydrazone groups is 1. The lowest BCUT2D eigenvalue weighted by molar-refractivity contribution is 0.0954. The zero-order chi connectivity index (χ0) is 23.8. The summed E-state index contributed by atoms with van der Waals surface area (Å²) >= 11 is 5.81. The van der Waals surface area contributed by atoms with Crippen molar-refractivity contribution < 1.29 is 26.9 Å². The first-order chi connectivity index (χ1) is 15.8. The summed E-state index contributed by atoms with van der Waals surface area (Å²) in [6, 6.07) is 16.7. The molecule has 3 aromatic rings. The van der Waals surface area contributed by atoms with E-state index in [0.717, 1.165) is 0 Å². The molecule has 0 spiro atoms. The number of rotatable bonds is 9. The number of carbonyl (C=O) groups is 1. The van der Waals surface area contributed by atoms with Crippen LogP contribution in [0.3, 0.4) is 0 Å². The summed E-state index contributed by atoms with van der Waals surface area (Å²) in [5, 5.41) is 4.32. The minimum absolute atomic E-state index is 0.0450. The van der Waals surface area contributed by atoms with Gasteiger partial charge in [-0.3, -0.25) is 4.79 Å². The van der Waals surface area contributed by atoms with E-state index in [9.17, 15) is 13.2 Å². The fraction of sp³-hybridized carbons (Fsp3) is 0.130. The molecule has 0 saturated carbocycles. The standard InChI is InChI=1S/C23H21ClN2O6S/c1-3-31-21-13-8-16(14-22(21)30-2)23(27)26-25-15-17-6-4-5-7-20(17)32-33(28,29)19-11-9-18(24)10-12-19/h4-15H,3H2,1-2H3,(H,26,27)/b25-15+. The van der Waals surface area contributed by atoms with Crippen molar-refractivity contribution in [3.63, 3.8) is 0 Å². The number of amides is 1. The number of hydrogen-bond donors (Lipinski definition) is 1. The highest BCUT2D eigenvalue weighted by Crippen LogP contribution is 2.28. The first-order valence-corrected chi connectivity index (χ1v) is 11.6. The third-order valence-electron chi connectivity index (χ3n) is 4.32. The minimum atomic E-state index is -4.09. The Bertz CT molecular complexity index is 1260. The number of nitrogens with zero attached hydrogens (tertiary/aromatic N) is 1. The van der Waals surface area contributed by atoms with Crippen molar-refractivity contribution in [3.8, 4) is 17.2 Å². The summed E-state index contributed by atoms with van der Waals surface area (Å²) in [6.07, 6.45) is 1.29. The van der Waals surface area contributed by atoms with Gasteiger partial charge in [0.2, 0.25) is 0 Å². The van der Waals surface area contributed by atoms with Crippen LogP contribution in [0.25, 0.3) is 0 Å². The van der Waals surface area contributed by atoms with Crippen LogP contribution in [0.15, 0.2) is 76.7 Å². The number of nitrogens with one attached hydrogen (secondary N) is 1. The van der Waals surface area contributed by atoms with E-state index in [2.05, 4.69) is 10.5 Å². The van der Waals surface area contributed by atoms with Gasteiger partial charge in [0.15, 0.2) is 17.2 Å². The van der Waals surface area contributed by atoms with Crippen LogP contribution < -0.4 is 19.1 Å². The maximum Gasteiger partial charge on any atom is 0.339 e. The lowest BCUT2D eigenvalue weighted by Crippen LogP contribution is -2.18. The topological polar surface area (TPSA) is 103 Å². The largest absolute Gasteiger partial charge is 0.493 e. The fourth-order valence-electron chi connectivity index (χ4n) is 2.74. The molecule has 172 valence electrons. The Kier molecular flexibility index (Phi) is 7.92. The summed E-state index contributed by atoms with van der Waals surface area (Å²) in [5.41, 5.74) is 3.05. The third-order valence-corrected chi connectivity index (χ3v) is 5.82. The van der Waals surface area contributed by atoms with Crippen LogP contribution in [-0.2, 0) is 10.1 Å². The molecule has 3 aromatic carbocycles. The van der Waals surface area contributed by atoms with Gasteiger partial charge in [-0.2, -0.15) is 13.5 Å². The average Bonchev–Trinajstić information content (AvgIpc) is 2.80. The van der Waals surface area contributed by atoms with Gasteiger partial charge in [-0.15, -0.1) is 0 Å². The molecule has 0 saturated heterocycles. The number of carbonyl (C=O) groups excluding carboxylic acids is 1. The Morgan fingerprint density at radius 3 is 2.45 bits per heavy atom. The van der Waals surface area contributed by atoms with Crippen molar-refractivity contribution in [2.24, 2.45) is 5.10 Å². The van der Waals surface area contributed by atoms with Gasteiger partial charge in [0.25, 0.3) is 5.91 Å². The molecular weight excluding hydrogens is 468 g/mol. The highest BCUT2D eigenvalue weighted by atomic mass is 35.5. The van der Waals surface area contributed by atoms with E-state index in [0.29, 0.717) is 34.3 Å². The molecule has 0 bridgehead atoms. The van der Waals surface area contributed by atoms with Crippen LogP contribution >= 0.6 is 11.6 Å². The molecule has 3 rings (SSSR count). The molecule has 1 amide bonds. The van der Waals surface area contributed by atoms with Crippen LogP contribution in [0.2, 0.25) is 5.02 Å². The molecule has 10 heteroatoms. The summed E-state index contributed by atoms with van der Waals surface area (Å²) in [7, 11) is -2.61. The van der Waals surface area contributed by atoms with Crippen molar-refractivity contribution in [1.82, 2.24) is 5.43 Å². The Balaban J connectivity index is 1.74. The maximum atomic E-state index is 12.6. The van der Waals surface area contributed by atoms with Crippen LogP contribution in [0.5, 0.6) is 17.2 Å². The van der Waals surface area contributed by atoms with Gasteiger partial charge in [0.05, 0.1) is 19.9 Å². The highest BCUT2D eigenvalue weighted by molar-refractivity contribution is 7.87. The Labute approximate surface area is 196 Å². The zero-order valence-electron chi connectivity index (χ0n) is 17.8. The van der Waals surface area contributed by atoms with Crippen molar-refractivity contribution in [2.75, 3.05) is 13.7 Å². The molecular formula is C23H21ClN2O6S. The smallest absolute Gasteiger partial charge is 0.339 e. The molecule has 0 aromatic heterocycles. The lowest BCUT2D eigenvalue weighted by Gasteiger charge is -2.10. The molecule has 0 atom stereocenters. The SMILES string of the molecule is CCOc1ccc(C(=O)N/N=C/c2ccccc2OS(=O)(=O)c2ccc(Cl)cc2)cc1OC. The summed E-state index contributed by atoms with van der Waals surface area (Å²) < 4.78 is 41.1. The normalized spacial score (nSPS) is 11.2. The van der Waals surface area contributed by atoms with E-state index in [1.807, 2.05) is 6.92 Å². The molecule has 0 radical (unpaired) electrons. The average molecular weight is 489 g/mol. The number of benzene rings is 3. The van der Waals surface area contributed by atoms with E-state index in [1.165, 1.54) is 49.7 Å². The number of para-hydroxylation sites is 1. The first kappa shape index (κ1) is 24.1. The van der Waals surface area contributed by atoms with E-state index in [-0.39, 0.29) is 10.6 Å². The molecule has 0 fully saturated rings. The maximum absolute atomic E-state index is 12.6. The molecule has 33 heavy (non-hydrogen) atoms. The highest BCUT2D eigenvalue weighted by Gasteiger charge is 2.18. The van der Waals surface area contributed by atoms with Gasteiger partial charge in [-0.25, -0.2) is 5.43 Å². The van der Waals surface area contributed by atoms with Crippen LogP contribution in [-0.4, -0.2) is 34.3 Å². The van der Waals surface area contributed by atoms with Gasteiger partial charge in [-0.05, 0) is 61.5 Å². The second-order valence-corrected chi connectivity index (χ2v) is 8.51. The second kappa shape index (κ2) is 10.8. The molecule has 0 aliphatic heterocycles. The lowest BCUT2D eigenvalue weighted by atomic mass is 10.2. The third kappa shape index (κ3) is 6.24. The molecule has 1 N–H and O–H groups in total. The predicted molar refractivity (Wildman–Crippen MR) is 125 cm³/mol. The van der Waals surface area contributed by atoms with Crippen molar-refractivity contribution in [3.05, 3.63) is 82.9 Å². The Morgan fingerprint density at radius 2 is 1.76 bits per heavy atom. The summed E-state index contributed by atoms with van der Waals surface area (Å²) in [6.45, 7) is 2.30. The van der Waals surface area contributed by atoms with Gasteiger partial charge < -0.3 is 13.7 Å². The zero-order valence-corrected chi connectivity index (χ0v) is 19.4. The van der Waals surface area contributed by atoms with Gasteiger partial charge in [0.1, 0.15) is 4.90 Å². The molecule has 0 unspecified atom stereocenters. The fourth-order valence-corrected chi connectivity index (χ4v) is 3.82. The first-order valence-electron chi connectivity index (χ1n) is 9.77. The summed E-state index contributed by atoms with van der Waals surface area (Å²) in [5.74, 6) is 0.501. The number of halogens is 1. The van der Waals surface area contributed by atoms with E-state index < -0.39 is 16.0 Å². The van der Waals surface area contributed by atoms with Gasteiger partial charge >= 0.3 is 10.1 Å². The number of methoxy groups -OCH3 is 1. The van der Waals surface area contributed by atoms with E-state index >= 15 is 0 Å². The van der Waals surface area contributed by atoms with Crippen molar-refractivity contribution in [1.29, 1.82) is 0 Å². The number of hydrogen-bond acceptors (Lipinski definition) is 7. The van der Waals surface area contributed by atoms with Crippen LogP contribution in [0.1, 0.15) is 22.8 Å². The quantitative estimate of drug-likeness (QED) is 0.274. The van der Waals surface area contributed by atoms with E-state index in [1.54, 1.807) is 30.3 Å². The Hall–Kier alpha value is -3.56. The molecule has 8 nitrogen and oxygen atoms in total. The monoisotopic (exact) mass is 488 g/mol. The van der Waals surface area contributed by atoms with Crippen LogP contribution in [0, 0.1) is 0 Å². The van der Waals surface area contributed by atoms with Crippen molar-refractivity contribution in [2.45, 2.75) is 11.8 Å². The minimum Gasteiger partial charge on any atom is -0.493 e.